The van der Waals surface area contributed by atoms with Crippen LogP contribution in [0.3, 0.4) is 0 Å². The van der Waals surface area contributed by atoms with Gasteiger partial charge in [0.2, 0.25) is 23.8 Å². The van der Waals surface area contributed by atoms with Crippen molar-refractivity contribution in [2.75, 3.05) is 20.3 Å². The number of methoxy groups -OCH3 is 1. The lowest BCUT2D eigenvalue weighted by molar-refractivity contribution is -0.278. The van der Waals surface area contributed by atoms with E-state index in [1.165, 1.54) is 25.3 Å². The molecule has 10 unspecified atom stereocenters. The summed E-state index contributed by atoms with van der Waals surface area (Å²) in [5, 5.41) is 92.2. The van der Waals surface area contributed by atoms with Crippen LogP contribution < -0.4 is 19.6 Å². The molecule has 1 aromatic heterocycles. The number of benzene rings is 2. The lowest BCUT2D eigenvalue weighted by Gasteiger charge is -2.39. The molecule has 3 aromatic rings. The molecule has 0 amide bonds. The van der Waals surface area contributed by atoms with Gasteiger partial charge in [-0.1, -0.05) is 0 Å². The average molecular weight is 683 g/mol. The van der Waals surface area contributed by atoms with Crippen molar-refractivity contribution in [3.63, 3.8) is 0 Å². The second-order valence-electron chi connectivity index (χ2n) is 11.0. The number of hydrogen-bond donors (Lipinski definition) is 9. The van der Waals surface area contributed by atoms with Gasteiger partial charge in [-0.05, 0) is 18.2 Å². The smallest absolute Gasteiger partial charge is 0.302 e. The Balaban J connectivity index is 1.59. The van der Waals surface area contributed by atoms with Gasteiger partial charge in [0, 0.05) is 24.6 Å². The molecule has 0 aliphatic carbocycles. The molecule has 2 aromatic carbocycles. The maximum absolute atomic E-state index is 14.0. The van der Waals surface area contributed by atoms with Gasteiger partial charge in [-0.25, -0.2) is 0 Å². The third-order valence-corrected chi connectivity index (χ3v) is 7.80. The molecule has 2 saturated heterocycles. The molecule has 262 valence electrons. The van der Waals surface area contributed by atoms with E-state index in [0.717, 1.165) is 19.1 Å². The number of ether oxygens (including phenoxy) is 6. The SMILES string of the molecule is COc1cc(-c2oc3cc(OC4OC(CO)C(O)C(O)C4O)cc(O)c3c(=O)c2OC2OC(COC(C)=O)C(O)C(O)C2O)ccc1O. The predicted octanol–water partition coefficient (Wildman–Crippen LogP) is -2.19. The number of rotatable bonds is 9. The van der Waals surface area contributed by atoms with Crippen LogP contribution in [0.15, 0.2) is 39.5 Å². The number of esters is 1. The molecular formula is C30H34O18. The van der Waals surface area contributed by atoms with E-state index >= 15 is 0 Å². The highest BCUT2D eigenvalue weighted by molar-refractivity contribution is 5.88. The molecule has 18 heteroatoms. The van der Waals surface area contributed by atoms with Gasteiger partial charge in [-0.15, -0.1) is 0 Å². The Labute approximate surface area is 270 Å². The van der Waals surface area contributed by atoms with Crippen LogP contribution in [-0.2, 0) is 19.0 Å². The summed E-state index contributed by atoms with van der Waals surface area (Å²) >= 11 is 0. The summed E-state index contributed by atoms with van der Waals surface area (Å²) < 4.78 is 38.2. The third kappa shape index (κ3) is 6.70. The van der Waals surface area contributed by atoms with Crippen molar-refractivity contribution in [1.82, 2.24) is 0 Å². The molecule has 3 heterocycles. The summed E-state index contributed by atoms with van der Waals surface area (Å²) in [7, 11) is 1.26. The van der Waals surface area contributed by atoms with Gasteiger partial charge >= 0.3 is 5.97 Å². The highest BCUT2D eigenvalue weighted by atomic mass is 16.7. The van der Waals surface area contributed by atoms with Crippen LogP contribution in [0.1, 0.15) is 6.92 Å². The largest absolute Gasteiger partial charge is 0.507 e. The molecular weight excluding hydrogens is 648 g/mol. The average Bonchev–Trinajstić information content (AvgIpc) is 3.05. The molecule has 10 atom stereocenters. The summed E-state index contributed by atoms with van der Waals surface area (Å²) in [5.41, 5.74) is -1.31. The summed E-state index contributed by atoms with van der Waals surface area (Å²) in [6, 6.07) is 5.84. The van der Waals surface area contributed by atoms with Crippen molar-refractivity contribution < 1.29 is 83.6 Å². The maximum atomic E-state index is 14.0. The zero-order valence-corrected chi connectivity index (χ0v) is 25.3. The van der Waals surface area contributed by atoms with E-state index in [1.807, 2.05) is 0 Å². The van der Waals surface area contributed by atoms with Gasteiger partial charge in [0.15, 0.2) is 17.3 Å². The fraction of sp³-hybridized carbons (Fsp3) is 0.467. The third-order valence-electron chi connectivity index (χ3n) is 7.80. The van der Waals surface area contributed by atoms with Crippen molar-refractivity contribution >= 4 is 16.9 Å². The topological polar surface area (TPSA) is 285 Å². The van der Waals surface area contributed by atoms with Crippen molar-refractivity contribution in [1.29, 1.82) is 0 Å². The van der Waals surface area contributed by atoms with Gasteiger partial charge in [0.1, 0.15) is 77.9 Å². The van der Waals surface area contributed by atoms with Crippen molar-refractivity contribution in [2.24, 2.45) is 0 Å². The van der Waals surface area contributed by atoms with Crippen molar-refractivity contribution in [3.05, 3.63) is 40.6 Å². The van der Waals surface area contributed by atoms with Gasteiger partial charge in [-0.3, -0.25) is 9.59 Å². The Hall–Kier alpha value is -4.24. The summed E-state index contributed by atoms with van der Waals surface area (Å²) in [6.07, 6.45) is -17.0. The lowest BCUT2D eigenvalue weighted by Crippen LogP contribution is -2.60. The lowest BCUT2D eigenvalue weighted by atomic mass is 9.99. The van der Waals surface area contributed by atoms with Gasteiger partial charge in [-0.2, -0.15) is 0 Å². The first kappa shape index (κ1) is 35.1. The van der Waals surface area contributed by atoms with E-state index in [4.69, 9.17) is 32.8 Å². The highest BCUT2D eigenvalue weighted by Gasteiger charge is 2.47. The molecule has 0 bridgehead atoms. The number of fused-ring (bicyclic) bond motifs is 1. The van der Waals surface area contributed by atoms with Crippen LogP contribution in [0.25, 0.3) is 22.3 Å². The molecule has 18 nitrogen and oxygen atoms in total. The van der Waals surface area contributed by atoms with E-state index < -0.39 is 103 Å². The van der Waals surface area contributed by atoms with Gasteiger partial charge in [0.05, 0.1) is 13.7 Å². The molecule has 48 heavy (non-hydrogen) atoms. The number of carbonyl (C=O) groups excluding carboxylic acids is 1. The molecule has 5 rings (SSSR count). The number of phenolic OH excluding ortho intramolecular Hbond substituents is 2. The minimum absolute atomic E-state index is 0.0562. The molecule has 0 radical (unpaired) electrons. The summed E-state index contributed by atoms with van der Waals surface area (Å²) in [4.78, 5) is 25.3. The second kappa shape index (κ2) is 14.1. The normalized spacial score (nSPS) is 30.5. The molecule has 0 saturated carbocycles. The van der Waals surface area contributed by atoms with E-state index in [0.29, 0.717) is 0 Å². The fourth-order valence-electron chi connectivity index (χ4n) is 5.21. The first-order valence-corrected chi connectivity index (χ1v) is 14.4. The number of phenols is 2. The molecule has 0 spiro atoms. The second-order valence-corrected chi connectivity index (χ2v) is 11.0. The minimum Gasteiger partial charge on any atom is -0.507 e. The summed E-state index contributed by atoms with van der Waals surface area (Å²) in [6.45, 7) is -0.183. The van der Waals surface area contributed by atoms with Crippen LogP contribution in [0.4, 0.5) is 0 Å². The standard InChI is InChI=1S/C30H34O18/c1-10(32)43-9-18-21(36)24(39)26(41)30(47-18)48-28-22(37)19-14(34)6-12(44-29-25(40)23(38)20(35)17(8-31)46-29)7-16(19)45-27(28)11-3-4-13(33)15(5-11)42-2/h3-7,17-18,20-21,23-26,29-31,33-36,38-41H,8-9H2,1-2H3. The monoisotopic (exact) mass is 682 g/mol. The number of aliphatic hydroxyl groups excluding tert-OH is 7. The minimum atomic E-state index is -1.95. The van der Waals surface area contributed by atoms with Crippen LogP contribution in [0, 0.1) is 0 Å². The van der Waals surface area contributed by atoms with Crippen LogP contribution in [0.2, 0.25) is 0 Å². The zero-order chi connectivity index (χ0) is 35.0. The number of hydrogen-bond acceptors (Lipinski definition) is 18. The maximum Gasteiger partial charge on any atom is 0.302 e. The van der Waals surface area contributed by atoms with Crippen molar-refractivity contribution in [3.8, 4) is 40.1 Å². The number of aromatic hydroxyl groups is 2. The Morgan fingerprint density at radius 1 is 0.812 bits per heavy atom. The van der Waals surface area contributed by atoms with Crippen LogP contribution in [0.5, 0.6) is 28.7 Å². The fourth-order valence-corrected chi connectivity index (χ4v) is 5.21. The van der Waals surface area contributed by atoms with E-state index in [2.05, 4.69) is 0 Å². The van der Waals surface area contributed by atoms with E-state index in [1.54, 1.807) is 0 Å². The van der Waals surface area contributed by atoms with E-state index in [9.17, 15) is 55.5 Å². The Bertz CT molecular complexity index is 1690. The number of carbonyl (C=O) groups is 1. The number of aliphatic hydroxyl groups is 7. The van der Waals surface area contributed by atoms with Gasteiger partial charge in [0.25, 0.3) is 0 Å². The van der Waals surface area contributed by atoms with Crippen LogP contribution >= 0.6 is 0 Å². The van der Waals surface area contributed by atoms with Crippen molar-refractivity contribution in [2.45, 2.75) is 68.3 Å². The molecule has 2 fully saturated rings. The first-order chi connectivity index (χ1) is 22.7. The highest BCUT2D eigenvalue weighted by Crippen LogP contribution is 2.40. The molecule has 2 aliphatic heterocycles. The Morgan fingerprint density at radius 3 is 2.06 bits per heavy atom. The Morgan fingerprint density at radius 2 is 1.44 bits per heavy atom. The molecule has 9 N–H and O–H groups in total. The Kier molecular flexibility index (Phi) is 10.3. The first-order valence-electron chi connectivity index (χ1n) is 14.4. The van der Waals surface area contributed by atoms with Gasteiger partial charge < -0.3 is 78.8 Å². The molecule has 2 aliphatic rings. The zero-order valence-electron chi connectivity index (χ0n) is 25.3. The predicted molar refractivity (Wildman–Crippen MR) is 156 cm³/mol. The quantitative estimate of drug-likeness (QED) is 0.108. The van der Waals surface area contributed by atoms with E-state index in [-0.39, 0.29) is 34.2 Å². The summed E-state index contributed by atoms with van der Waals surface area (Å²) in [5.74, 6) is -3.11. The van der Waals surface area contributed by atoms with Crippen LogP contribution in [-0.4, -0.2) is 134 Å².